The highest BCUT2D eigenvalue weighted by Gasteiger charge is 2.16. The van der Waals surface area contributed by atoms with Crippen molar-refractivity contribution in [2.24, 2.45) is 5.92 Å². The average Bonchev–Trinajstić information content (AvgIpc) is 2.54. The van der Waals surface area contributed by atoms with Crippen molar-refractivity contribution < 1.29 is 4.39 Å². The van der Waals surface area contributed by atoms with Gasteiger partial charge in [-0.15, -0.1) is 0 Å². The van der Waals surface area contributed by atoms with Crippen molar-refractivity contribution in [3.63, 3.8) is 0 Å². The zero-order chi connectivity index (χ0) is 13.0. The Morgan fingerprint density at radius 1 is 1.28 bits per heavy atom. The first-order chi connectivity index (χ1) is 8.66. The van der Waals surface area contributed by atoms with Crippen LogP contribution in [0.4, 0.5) is 4.39 Å². The van der Waals surface area contributed by atoms with E-state index in [-0.39, 0.29) is 5.82 Å². The van der Waals surface area contributed by atoms with Crippen LogP contribution >= 0.6 is 11.6 Å². The van der Waals surface area contributed by atoms with Gasteiger partial charge in [-0.25, -0.2) is 4.39 Å². The van der Waals surface area contributed by atoms with E-state index in [0.29, 0.717) is 23.2 Å². The van der Waals surface area contributed by atoms with Crippen molar-refractivity contribution in [3.05, 3.63) is 34.6 Å². The Hall–Kier alpha value is -0.600. The Labute approximate surface area is 114 Å². The van der Waals surface area contributed by atoms with Gasteiger partial charge in [-0.2, -0.15) is 0 Å². The third-order valence-corrected chi connectivity index (χ3v) is 4.24. The van der Waals surface area contributed by atoms with Crippen LogP contribution in [0.5, 0.6) is 0 Å². The van der Waals surface area contributed by atoms with Gasteiger partial charge in [0.2, 0.25) is 0 Å². The Kier molecular flexibility index (Phi) is 5.02. The normalized spacial score (nSPS) is 24.8. The van der Waals surface area contributed by atoms with Gasteiger partial charge in [0.1, 0.15) is 5.82 Å². The largest absolute Gasteiger partial charge is 0.310 e. The van der Waals surface area contributed by atoms with Crippen molar-refractivity contribution in [2.75, 3.05) is 0 Å². The van der Waals surface area contributed by atoms with Crippen molar-refractivity contribution in [1.29, 1.82) is 0 Å². The number of rotatable bonds is 3. The molecule has 0 radical (unpaired) electrons. The fraction of sp³-hybridized carbons (Fsp3) is 0.600. The third-order valence-electron chi connectivity index (χ3n) is 3.89. The molecule has 0 saturated heterocycles. The molecule has 2 unspecified atom stereocenters. The van der Waals surface area contributed by atoms with E-state index in [4.69, 9.17) is 11.6 Å². The van der Waals surface area contributed by atoms with Crippen LogP contribution in [0, 0.1) is 11.7 Å². The molecule has 18 heavy (non-hydrogen) atoms. The van der Waals surface area contributed by atoms with Crippen LogP contribution in [0.2, 0.25) is 5.02 Å². The van der Waals surface area contributed by atoms with Gasteiger partial charge >= 0.3 is 0 Å². The highest BCUT2D eigenvalue weighted by atomic mass is 35.5. The molecular formula is C15H21ClFN. The molecule has 100 valence electrons. The van der Waals surface area contributed by atoms with E-state index in [2.05, 4.69) is 12.2 Å². The zero-order valence-electron chi connectivity index (χ0n) is 10.9. The van der Waals surface area contributed by atoms with Gasteiger partial charge in [-0.3, -0.25) is 0 Å². The Bertz CT molecular complexity index is 374. The number of hydrogen-bond acceptors (Lipinski definition) is 1. The fourth-order valence-electron chi connectivity index (χ4n) is 2.64. The lowest BCUT2D eigenvalue weighted by Crippen LogP contribution is -2.28. The second-order valence-corrected chi connectivity index (χ2v) is 5.80. The maximum Gasteiger partial charge on any atom is 0.129 e. The van der Waals surface area contributed by atoms with Crippen LogP contribution in [0.1, 0.15) is 44.6 Å². The van der Waals surface area contributed by atoms with Crippen LogP contribution in [0.25, 0.3) is 0 Å². The fourth-order valence-corrected chi connectivity index (χ4v) is 2.87. The van der Waals surface area contributed by atoms with Crippen LogP contribution in [-0.2, 0) is 6.54 Å². The van der Waals surface area contributed by atoms with E-state index in [0.717, 1.165) is 5.92 Å². The van der Waals surface area contributed by atoms with Gasteiger partial charge in [0, 0.05) is 23.2 Å². The van der Waals surface area contributed by atoms with Crippen LogP contribution < -0.4 is 5.32 Å². The van der Waals surface area contributed by atoms with Gasteiger partial charge in [-0.05, 0) is 37.3 Å². The summed E-state index contributed by atoms with van der Waals surface area (Å²) in [6.45, 7) is 2.85. The minimum atomic E-state index is -0.211. The molecule has 1 aromatic rings. The molecule has 0 amide bonds. The lowest BCUT2D eigenvalue weighted by Gasteiger charge is -2.17. The number of hydrogen-bond donors (Lipinski definition) is 1. The number of benzene rings is 1. The summed E-state index contributed by atoms with van der Waals surface area (Å²) < 4.78 is 13.6. The maximum atomic E-state index is 13.6. The summed E-state index contributed by atoms with van der Waals surface area (Å²) >= 11 is 6.02. The first kappa shape index (κ1) is 13.8. The summed E-state index contributed by atoms with van der Waals surface area (Å²) in [6, 6.07) is 5.37. The standard InChI is InChI=1S/C15H21ClFN/c1-11-4-2-5-12(9-8-11)18-10-13-14(16)6-3-7-15(13)17/h3,6-7,11-12,18H,2,4-5,8-10H2,1H3. The molecule has 1 aliphatic rings. The summed E-state index contributed by atoms with van der Waals surface area (Å²) in [7, 11) is 0. The number of nitrogens with one attached hydrogen (secondary N) is 1. The third kappa shape index (κ3) is 3.69. The summed E-state index contributed by atoms with van der Waals surface area (Å²) in [5, 5.41) is 3.97. The lowest BCUT2D eigenvalue weighted by atomic mass is 10.0. The molecule has 0 heterocycles. The van der Waals surface area contributed by atoms with Gasteiger partial charge in [-0.1, -0.05) is 37.4 Å². The maximum absolute atomic E-state index is 13.6. The Morgan fingerprint density at radius 3 is 2.89 bits per heavy atom. The minimum absolute atomic E-state index is 0.211. The highest BCUT2D eigenvalue weighted by molar-refractivity contribution is 6.31. The smallest absolute Gasteiger partial charge is 0.129 e. The molecule has 1 nitrogen and oxygen atoms in total. The zero-order valence-corrected chi connectivity index (χ0v) is 11.6. The monoisotopic (exact) mass is 269 g/mol. The molecule has 2 rings (SSSR count). The van der Waals surface area contributed by atoms with Crippen molar-refractivity contribution in [2.45, 2.75) is 51.6 Å². The first-order valence-electron chi connectivity index (χ1n) is 6.83. The topological polar surface area (TPSA) is 12.0 Å². The molecule has 1 fully saturated rings. The molecule has 3 heteroatoms. The molecule has 2 atom stereocenters. The molecule has 1 aliphatic carbocycles. The Morgan fingerprint density at radius 2 is 2.11 bits per heavy atom. The first-order valence-corrected chi connectivity index (χ1v) is 7.21. The van der Waals surface area contributed by atoms with Crippen molar-refractivity contribution in [3.8, 4) is 0 Å². The van der Waals surface area contributed by atoms with E-state index in [1.54, 1.807) is 12.1 Å². The predicted molar refractivity (Wildman–Crippen MR) is 74.3 cm³/mol. The second kappa shape index (κ2) is 6.53. The molecule has 0 spiro atoms. The quantitative estimate of drug-likeness (QED) is 0.795. The van der Waals surface area contributed by atoms with E-state index in [1.165, 1.54) is 38.2 Å². The second-order valence-electron chi connectivity index (χ2n) is 5.39. The summed E-state index contributed by atoms with van der Waals surface area (Å²) in [4.78, 5) is 0. The van der Waals surface area contributed by atoms with E-state index >= 15 is 0 Å². The van der Waals surface area contributed by atoms with Crippen LogP contribution in [0.3, 0.4) is 0 Å². The Balaban J connectivity index is 1.91. The van der Waals surface area contributed by atoms with Crippen molar-refractivity contribution >= 4 is 11.6 Å². The summed E-state index contributed by atoms with van der Waals surface area (Å²) in [5.41, 5.74) is 0.594. The molecule has 1 aromatic carbocycles. The van der Waals surface area contributed by atoms with Gasteiger partial charge in [0.05, 0.1) is 0 Å². The number of halogens is 2. The molecule has 0 aliphatic heterocycles. The van der Waals surface area contributed by atoms with Gasteiger partial charge < -0.3 is 5.32 Å². The predicted octanol–water partition coefficient (Wildman–Crippen LogP) is 4.54. The van der Waals surface area contributed by atoms with Crippen LogP contribution in [-0.4, -0.2) is 6.04 Å². The molecular weight excluding hydrogens is 249 g/mol. The molecule has 0 aromatic heterocycles. The van der Waals surface area contributed by atoms with Gasteiger partial charge in [0.25, 0.3) is 0 Å². The average molecular weight is 270 g/mol. The van der Waals surface area contributed by atoms with E-state index < -0.39 is 0 Å². The summed E-state index contributed by atoms with van der Waals surface area (Å²) in [6.07, 6.45) is 6.23. The lowest BCUT2D eigenvalue weighted by molar-refractivity contribution is 0.442. The minimum Gasteiger partial charge on any atom is -0.310 e. The molecule has 1 N–H and O–H groups in total. The van der Waals surface area contributed by atoms with Crippen LogP contribution in [0.15, 0.2) is 18.2 Å². The van der Waals surface area contributed by atoms with Crippen molar-refractivity contribution in [1.82, 2.24) is 5.32 Å². The van der Waals surface area contributed by atoms with E-state index in [9.17, 15) is 4.39 Å². The molecule has 1 saturated carbocycles. The van der Waals surface area contributed by atoms with Gasteiger partial charge in [0.15, 0.2) is 0 Å². The summed E-state index contributed by atoms with van der Waals surface area (Å²) in [5.74, 6) is 0.617. The SMILES string of the molecule is CC1CCCC(NCc2c(F)cccc2Cl)CC1. The molecule has 0 bridgehead atoms. The highest BCUT2D eigenvalue weighted by Crippen LogP contribution is 2.24. The van der Waals surface area contributed by atoms with E-state index in [1.807, 2.05) is 0 Å².